The second-order valence-corrected chi connectivity index (χ2v) is 8.47. The van der Waals surface area contributed by atoms with Crippen molar-refractivity contribution in [3.05, 3.63) is 24.3 Å². The van der Waals surface area contributed by atoms with Crippen molar-refractivity contribution in [1.82, 2.24) is 14.9 Å². The zero-order valence-electron chi connectivity index (χ0n) is 16.0. The van der Waals surface area contributed by atoms with Crippen LogP contribution >= 0.6 is 11.8 Å². The summed E-state index contributed by atoms with van der Waals surface area (Å²) < 4.78 is 0. The van der Waals surface area contributed by atoms with Crippen molar-refractivity contribution in [3.8, 4) is 0 Å². The van der Waals surface area contributed by atoms with Crippen molar-refractivity contribution < 1.29 is 4.79 Å². The minimum Gasteiger partial charge on any atom is -0.370 e. The fourth-order valence-electron chi connectivity index (χ4n) is 4.57. The number of hydrogen-bond acceptors (Lipinski definition) is 5. The SMILES string of the molecule is CCNc1nc(SCC(=O)N2CCC[C@@H]3CCCC[C@@H]32)nc2ccccc12. The number of nitrogens with zero attached hydrogens (tertiary/aromatic N) is 3. The fraction of sp³-hybridized carbons (Fsp3) is 0.571. The number of carbonyl (C=O) groups excluding carboxylic acids is 1. The lowest BCUT2D eigenvalue weighted by Gasteiger charge is -2.44. The van der Waals surface area contributed by atoms with Crippen LogP contribution in [0.15, 0.2) is 29.4 Å². The average Bonchev–Trinajstić information content (AvgIpc) is 2.72. The van der Waals surface area contributed by atoms with Gasteiger partial charge in [-0.1, -0.05) is 36.7 Å². The highest BCUT2D eigenvalue weighted by molar-refractivity contribution is 7.99. The third-order valence-corrected chi connectivity index (χ3v) is 6.65. The van der Waals surface area contributed by atoms with E-state index in [4.69, 9.17) is 0 Å². The summed E-state index contributed by atoms with van der Waals surface area (Å²) >= 11 is 1.46. The van der Waals surface area contributed by atoms with Gasteiger partial charge in [0, 0.05) is 24.5 Å². The first-order valence-electron chi connectivity index (χ1n) is 10.2. The van der Waals surface area contributed by atoms with Gasteiger partial charge >= 0.3 is 0 Å². The highest BCUT2D eigenvalue weighted by Gasteiger charge is 2.35. The monoisotopic (exact) mass is 384 g/mol. The summed E-state index contributed by atoms with van der Waals surface area (Å²) in [6.45, 7) is 3.78. The molecule has 2 fully saturated rings. The second kappa shape index (κ2) is 8.46. The van der Waals surface area contributed by atoms with Crippen LogP contribution in [0.1, 0.15) is 45.4 Å². The maximum absolute atomic E-state index is 12.9. The predicted octanol–water partition coefficient (Wildman–Crippen LogP) is 4.33. The van der Waals surface area contributed by atoms with Crippen LogP contribution in [0.2, 0.25) is 0 Å². The Morgan fingerprint density at radius 3 is 2.89 bits per heavy atom. The molecule has 2 heterocycles. The van der Waals surface area contributed by atoms with Gasteiger partial charge in [0.15, 0.2) is 5.16 Å². The number of thioether (sulfide) groups is 1. The average molecular weight is 385 g/mol. The van der Waals surface area contributed by atoms with E-state index in [0.717, 1.165) is 42.1 Å². The summed E-state index contributed by atoms with van der Waals surface area (Å²) in [4.78, 5) is 24.4. The Bertz CT molecular complexity index is 810. The molecule has 1 saturated heterocycles. The van der Waals surface area contributed by atoms with Gasteiger partial charge in [-0.05, 0) is 50.7 Å². The van der Waals surface area contributed by atoms with Gasteiger partial charge in [0.25, 0.3) is 0 Å². The lowest BCUT2D eigenvalue weighted by Crippen LogP contribution is -2.50. The summed E-state index contributed by atoms with van der Waals surface area (Å²) in [6.07, 6.45) is 7.50. The van der Waals surface area contributed by atoms with Crippen molar-refractivity contribution in [2.45, 2.75) is 56.6 Å². The molecule has 1 aromatic carbocycles. The van der Waals surface area contributed by atoms with E-state index in [1.165, 1.54) is 43.9 Å². The minimum atomic E-state index is 0.248. The molecule has 1 N–H and O–H groups in total. The number of hydrogen-bond donors (Lipinski definition) is 1. The number of para-hydroxylation sites is 1. The molecule has 144 valence electrons. The van der Waals surface area contributed by atoms with Crippen molar-refractivity contribution in [1.29, 1.82) is 0 Å². The summed E-state index contributed by atoms with van der Waals surface area (Å²) in [7, 11) is 0. The van der Waals surface area contributed by atoms with E-state index < -0.39 is 0 Å². The molecule has 2 aliphatic rings. The van der Waals surface area contributed by atoms with Crippen molar-refractivity contribution in [2.24, 2.45) is 5.92 Å². The number of amides is 1. The Morgan fingerprint density at radius 1 is 1.19 bits per heavy atom. The number of carbonyl (C=O) groups is 1. The molecule has 5 nitrogen and oxygen atoms in total. The van der Waals surface area contributed by atoms with E-state index >= 15 is 0 Å². The molecule has 1 amide bonds. The van der Waals surface area contributed by atoms with Crippen LogP contribution in [-0.2, 0) is 4.79 Å². The van der Waals surface area contributed by atoms with Crippen LogP contribution in [0.3, 0.4) is 0 Å². The molecular formula is C21H28N4OS. The molecule has 2 aromatic rings. The normalized spacial score (nSPS) is 22.5. The van der Waals surface area contributed by atoms with Crippen molar-refractivity contribution >= 4 is 34.4 Å². The number of rotatable bonds is 5. The first-order valence-corrected chi connectivity index (χ1v) is 11.2. The highest BCUT2D eigenvalue weighted by Crippen LogP contribution is 2.35. The fourth-order valence-corrected chi connectivity index (χ4v) is 5.30. The van der Waals surface area contributed by atoms with E-state index in [1.54, 1.807) is 0 Å². The molecule has 0 bridgehead atoms. The van der Waals surface area contributed by atoms with E-state index in [0.29, 0.717) is 17.0 Å². The molecule has 4 rings (SSSR count). The third-order valence-electron chi connectivity index (χ3n) is 5.82. The molecule has 0 radical (unpaired) electrons. The van der Waals surface area contributed by atoms with Gasteiger partial charge in [0.2, 0.25) is 5.91 Å². The minimum absolute atomic E-state index is 0.248. The van der Waals surface area contributed by atoms with E-state index in [-0.39, 0.29) is 5.91 Å². The van der Waals surface area contributed by atoms with Gasteiger partial charge in [-0.2, -0.15) is 0 Å². The Labute approximate surface area is 165 Å². The lowest BCUT2D eigenvalue weighted by atomic mass is 9.78. The standard InChI is InChI=1S/C21H28N4OS/c1-2-22-20-16-10-4-5-11-17(16)23-21(24-20)27-14-19(26)25-13-7-9-15-8-3-6-12-18(15)25/h4-5,10-11,15,18H,2-3,6-9,12-14H2,1H3,(H,22,23,24)/t15-,18-/m0/s1. The van der Waals surface area contributed by atoms with E-state index in [1.807, 2.05) is 24.3 Å². The molecule has 1 aromatic heterocycles. The number of fused-ring (bicyclic) bond motifs is 2. The molecule has 2 atom stereocenters. The lowest BCUT2D eigenvalue weighted by molar-refractivity contribution is -0.134. The van der Waals surface area contributed by atoms with Crippen LogP contribution in [-0.4, -0.2) is 45.7 Å². The molecule has 27 heavy (non-hydrogen) atoms. The van der Waals surface area contributed by atoms with Gasteiger partial charge in [-0.3, -0.25) is 4.79 Å². The Hall–Kier alpha value is -1.82. The van der Waals surface area contributed by atoms with Gasteiger partial charge in [-0.25, -0.2) is 9.97 Å². The molecule has 0 unspecified atom stereocenters. The molecule has 1 saturated carbocycles. The Balaban J connectivity index is 1.47. The van der Waals surface area contributed by atoms with Crippen LogP contribution < -0.4 is 5.32 Å². The number of nitrogens with one attached hydrogen (secondary N) is 1. The molecular weight excluding hydrogens is 356 g/mol. The number of likely N-dealkylation sites (tertiary alicyclic amines) is 1. The van der Waals surface area contributed by atoms with Crippen LogP contribution in [0.5, 0.6) is 0 Å². The van der Waals surface area contributed by atoms with Gasteiger partial charge in [0.1, 0.15) is 5.82 Å². The Kier molecular flexibility index (Phi) is 5.81. The summed E-state index contributed by atoms with van der Waals surface area (Å²) in [5, 5.41) is 5.02. The topological polar surface area (TPSA) is 58.1 Å². The quantitative estimate of drug-likeness (QED) is 0.614. The zero-order chi connectivity index (χ0) is 18.6. The van der Waals surface area contributed by atoms with Crippen LogP contribution in [0, 0.1) is 5.92 Å². The third kappa shape index (κ3) is 4.05. The maximum Gasteiger partial charge on any atom is 0.233 e. The van der Waals surface area contributed by atoms with Crippen LogP contribution in [0.25, 0.3) is 10.9 Å². The smallest absolute Gasteiger partial charge is 0.233 e. The first kappa shape index (κ1) is 18.5. The molecule has 6 heteroatoms. The largest absolute Gasteiger partial charge is 0.370 e. The zero-order valence-corrected chi connectivity index (χ0v) is 16.8. The molecule has 0 spiro atoms. The first-order chi connectivity index (χ1) is 13.3. The summed E-state index contributed by atoms with van der Waals surface area (Å²) in [6, 6.07) is 8.49. The Morgan fingerprint density at radius 2 is 2.00 bits per heavy atom. The van der Waals surface area contributed by atoms with Gasteiger partial charge in [-0.15, -0.1) is 0 Å². The summed E-state index contributed by atoms with van der Waals surface area (Å²) in [5.41, 5.74) is 0.920. The van der Waals surface area contributed by atoms with Crippen molar-refractivity contribution in [2.75, 3.05) is 24.2 Å². The number of aromatic nitrogens is 2. The maximum atomic E-state index is 12.9. The number of piperidine rings is 1. The molecule has 1 aliphatic heterocycles. The summed E-state index contributed by atoms with van der Waals surface area (Å²) in [5.74, 6) is 2.24. The van der Waals surface area contributed by atoms with Crippen molar-refractivity contribution in [3.63, 3.8) is 0 Å². The van der Waals surface area contributed by atoms with E-state index in [9.17, 15) is 4.79 Å². The van der Waals surface area contributed by atoms with E-state index in [2.05, 4.69) is 27.1 Å². The van der Waals surface area contributed by atoms with Gasteiger partial charge in [0.05, 0.1) is 11.3 Å². The van der Waals surface area contributed by atoms with Crippen LogP contribution in [0.4, 0.5) is 5.82 Å². The highest BCUT2D eigenvalue weighted by atomic mass is 32.2. The van der Waals surface area contributed by atoms with Gasteiger partial charge < -0.3 is 10.2 Å². The number of anilines is 1. The second-order valence-electron chi connectivity index (χ2n) is 7.53. The predicted molar refractivity (Wildman–Crippen MR) is 111 cm³/mol. The number of benzene rings is 1. The molecule has 1 aliphatic carbocycles.